The van der Waals surface area contributed by atoms with Crippen molar-refractivity contribution in [1.29, 1.82) is 0 Å². The van der Waals surface area contributed by atoms with E-state index in [0.29, 0.717) is 25.5 Å². The quantitative estimate of drug-likeness (QED) is 0.740. The molecule has 0 bridgehead atoms. The first-order valence-corrected chi connectivity index (χ1v) is 7.63. The maximum absolute atomic E-state index is 11.2. The van der Waals surface area contributed by atoms with E-state index in [1.54, 1.807) is 6.92 Å². The summed E-state index contributed by atoms with van der Waals surface area (Å²) in [7, 11) is 1.87. The molecule has 0 unspecified atom stereocenters. The molecule has 0 aliphatic carbocycles. The minimum atomic E-state index is -0.944. The molecule has 1 N–H and O–H groups in total. The van der Waals surface area contributed by atoms with Gasteiger partial charge in [-0.1, -0.05) is 0 Å². The molecule has 3 aromatic rings. The molecule has 0 saturated heterocycles. The van der Waals surface area contributed by atoms with Gasteiger partial charge in [0.25, 0.3) is 0 Å². The highest BCUT2D eigenvalue weighted by Crippen LogP contribution is 2.37. The van der Waals surface area contributed by atoms with Crippen LogP contribution in [-0.2, 0) is 7.05 Å². The summed E-state index contributed by atoms with van der Waals surface area (Å²) in [5, 5.41) is 19.5. The summed E-state index contributed by atoms with van der Waals surface area (Å²) in [6.45, 7) is 3.64. The Morgan fingerprint density at radius 2 is 2.10 bits per heavy atom. The molecule has 0 aliphatic rings. The monoisotopic (exact) mass is 321 g/mol. The molecule has 0 aromatic carbocycles. The molecule has 0 radical (unpaired) electrons. The minimum absolute atomic E-state index is 0.293. The molecular formula is C12H11N5O2S2. The van der Waals surface area contributed by atoms with Crippen molar-refractivity contribution >= 4 is 39.3 Å². The number of nitrogens with zero attached hydrogens (tertiary/aromatic N) is 5. The second-order valence-corrected chi connectivity index (χ2v) is 6.37. The Kier molecular flexibility index (Phi) is 3.38. The summed E-state index contributed by atoms with van der Waals surface area (Å²) in [4.78, 5) is 20.6. The third-order valence-corrected chi connectivity index (χ3v) is 5.36. The fraction of sp³-hybridized carbons (Fsp3) is 0.250. The van der Waals surface area contributed by atoms with E-state index in [1.807, 2.05) is 18.5 Å². The van der Waals surface area contributed by atoms with Gasteiger partial charge >= 0.3 is 5.97 Å². The number of carboxylic acid groups (broad SMARTS) is 1. The van der Waals surface area contributed by atoms with Crippen molar-refractivity contribution in [3.63, 3.8) is 0 Å². The van der Waals surface area contributed by atoms with E-state index in [9.17, 15) is 9.90 Å². The van der Waals surface area contributed by atoms with Crippen molar-refractivity contribution < 1.29 is 9.90 Å². The smallest absolute Gasteiger partial charge is 0.346 e. The van der Waals surface area contributed by atoms with E-state index < -0.39 is 5.97 Å². The zero-order valence-corrected chi connectivity index (χ0v) is 13.1. The molecule has 21 heavy (non-hydrogen) atoms. The lowest BCUT2D eigenvalue weighted by atomic mass is 10.2. The van der Waals surface area contributed by atoms with Gasteiger partial charge in [0, 0.05) is 12.4 Å². The lowest BCUT2D eigenvalue weighted by Gasteiger charge is -2.02. The van der Waals surface area contributed by atoms with Crippen molar-refractivity contribution in [2.45, 2.75) is 24.0 Å². The van der Waals surface area contributed by atoms with Gasteiger partial charge < -0.3 is 9.67 Å². The largest absolute Gasteiger partial charge is 0.477 e. The molecule has 108 valence electrons. The third-order valence-electron chi connectivity index (χ3n) is 3.13. The second kappa shape index (κ2) is 5.08. The second-order valence-electron chi connectivity index (χ2n) is 4.41. The summed E-state index contributed by atoms with van der Waals surface area (Å²) in [6, 6.07) is 0. The van der Waals surface area contributed by atoms with Crippen LogP contribution in [0.1, 0.15) is 21.1 Å². The normalized spacial score (nSPS) is 11.2. The zero-order chi connectivity index (χ0) is 15.1. The topological polar surface area (TPSA) is 93.8 Å². The predicted octanol–water partition coefficient (Wildman–Crippen LogP) is 2.29. The van der Waals surface area contributed by atoms with Crippen molar-refractivity contribution in [2.75, 3.05) is 0 Å². The lowest BCUT2D eigenvalue weighted by Crippen LogP contribution is -1.95. The molecule has 3 rings (SSSR count). The number of fused-ring (bicyclic) bond motifs is 1. The van der Waals surface area contributed by atoms with Crippen molar-refractivity contribution in [3.8, 4) is 0 Å². The van der Waals surface area contributed by atoms with E-state index in [0.717, 1.165) is 22.5 Å². The summed E-state index contributed by atoms with van der Waals surface area (Å²) < 4.78 is 1.86. The van der Waals surface area contributed by atoms with Gasteiger partial charge in [-0.15, -0.1) is 21.5 Å². The molecule has 0 amide bonds. The standard InChI is InChI=1S/C12H11N5O2S2/c1-5-7-9(20-8(5)11(18)19)13-4-14-10(7)21-12-16-15-6(2)17(12)3/h4H,1-3H3,(H,18,19). The van der Waals surface area contributed by atoms with E-state index in [2.05, 4.69) is 20.2 Å². The molecule has 0 aliphatic heterocycles. The summed E-state index contributed by atoms with van der Waals surface area (Å²) >= 11 is 2.52. The van der Waals surface area contributed by atoms with Crippen LogP contribution in [-0.4, -0.2) is 35.8 Å². The molecular weight excluding hydrogens is 310 g/mol. The first-order chi connectivity index (χ1) is 9.99. The number of rotatable bonds is 3. The van der Waals surface area contributed by atoms with Gasteiger partial charge in [0.15, 0.2) is 5.16 Å². The number of thiophene rings is 1. The summed E-state index contributed by atoms with van der Waals surface area (Å²) in [6.07, 6.45) is 1.44. The minimum Gasteiger partial charge on any atom is -0.477 e. The maximum atomic E-state index is 11.2. The van der Waals surface area contributed by atoms with E-state index >= 15 is 0 Å². The Morgan fingerprint density at radius 3 is 2.71 bits per heavy atom. The number of aromatic nitrogens is 5. The highest BCUT2D eigenvalue weighted by atomic mass is 32.2. The maximum Gasteiger partial charge on any atom is 0.346 e. The van der Waals surface area contributed by atoms with Gasteiger partial charge in [-0.2, -0.15) is 0 Å². The molecule has 7 nitrogen and oxygen atoms in total. The fourth-order valence-corrected chi connectivity index (χ4v) is 3.91. The first kappa shape index (κ1) is 14.0. The number of hydrogen-bond donors (Lipinski definition) is 1. The van der Waals surface area contributed by atoms with Gasteiger partial charge in [-0.3, -0.25) is 0 Å². The fourth-order valence-electron chi connectivity index (χ4n) is 1.88. The molecule has 9 heteroatoms. The van der Waals surface area contributed by atoms with E-state index in [1.165, 1.54) is 18.1 Å². The highest BCUT2D eigenvalue weighted by molar-refractivity contribution is 7.99. The van der Waals surface area contributed by atoms with Crippen LogP contribution in [0, 0.1) is 13.8 Å². The Balaban J connectivity index is 2.15. The number of aryl methyl sites for hydroxylation is 2. The number of carboxylic acids is 1. The van der Waals surface area contributed by atoms with Crippen LogP contribution < -0.4 is 0 Å². The van der Waals surface area contributed by atoms with Crippen LogP contribution in [0.3, 0.4) is 0 Å². The van der Waals surface area contributed by atoms with Crippen molar-refractivity contribution in [3.05, 3.63) is 22.6 Å². The van der Waals surface area contributed by atoms with E-state index in [-0.39, 0.29) is 0 Å². The van der Waals surface area contributed by atoms with E-state index in [4.69, 9.17) is 0 Å². The lowest BCUT2D eigenvalue weighted by molar-refractivity contribution is 0.0701. The van der Waals surface area contributed by atoms with Crippen molar-refractivity contribution in [2.24, 2.45) is 7.05 Å². The highest BCUT2D eigenvalue weighted by Gasteiger charge is 2.20. The molecule has 3 aromatic heterocycles. The van der Waals surface area contributed by atoms with Crippen LogP contribution in [0.2, 0.25) is 0 Å². The Bertz CT molecular complexity index is 855. The Labute approximate surface area is 128 Å². The van der Waals surface area contributed by atoms with Crippen molar-refractivity contribution in [1.82, 2.24) is 24.7 Å². The van der Waals surface area contributed by atoms with Gasteiger partial charge in [0.2, 0.25) is 0 Å². The van der Waals surface area contributed by atoms with Crippen LogP contribution in [0.15, 0.2) is 16.5 Å². The van der Waals surface area contributed by atoms with Crippen LogP contribution in [0.4, 0.5) is 0 Å². The number of hydrogen-bond acceptors (Lipinski definition) is 7. The zero-order valence-electron chi connectivity index (χ0n) is 11.5. The Hall–Kier alpha value is -2.00. The number of carbonyl (C=O) groups is 1. The summed E-state index contributed by atoms with van der Waals surface area (Å²) in [5.41, 5.74) is 0.685. The SMILES string of the molecule is Cc1c(C(=O)O)sc2ncnc(Sc3nnc(C)n3C)c12. The van der Waals surface area contributed by atoms with Gasteiger partial charge in [0.05, 0.1) is 0 Å². The summed E-state index contributed by atoms with van der Waals surface area (Å²) in [5.74, 6) is -0.142. The number of aromatic carboxylic acids is 1. The van der Waals surface area contributed by atoms with Gasteiger partial charge in [0.1, 0.15) is 26.9 Å². The average Bonchev–Trinajstić information content (AvgIpc) is 2.95. The average molecular weight is 321 g/mol. The van der Waals surface area contributed by atoms with Gasteiger partial charge in [-0.25, -0.2) is 14.8 Å². The first-order valence-electron chi connectivity index (χ1n) is 6.00. The van der Waals surface area contributed by atoms with Crippen LogP contribution in [0.5, 0.6) is 0 Å². The van der Waals surface area contributed by atoms with Gasteiger partial charge in [-0.05, 0) is 31.2 Å². The molecule has 0 saturated carbocycles. The van der Waals surface area contributed by atoms with Crippen LogP contribution in [0.25, 0.3) is 10.2 Å². The predicted molar refractivity (Wildman–Crippen MR) is 79.0 cm³/mol. The molecule has 0 fully saturated rings. The van der Waals surface area contributed by atoms with Crippen LogP contribution >= 0.6 is 23.1 Å². The molecule has 3 heterocycles. The molecule has 0 spiro atoms. The molecule has 0 atom stereocenters. The Morgan fingerprint density at radius 1 is 1.33 bits per heavy atom. The third kappa shape index (κ3) is 2.28.